The fourth-order valence-electron chi connectivity index (χ4n) is 1.59. The van der Waals surface area contributed by atoms with Crippen LogP contribution in [-0.2, 0) is 11.2 Å². The Hall–Kier alpha value is -2.24. The average Bonchev–Trinajstić information content (AvgIpc) is 2.75. The number of pyridine rings is 1. The van der Waals surface area contributed by atoms with Crippen LogP contribution in [-0.4, -0.2) is 26.3 Å². The molecule has 1 N–H and O–H groups in total. The molecule has 6 heteroatoms. The van der Waals surface area contributed by atoms with Crippen LogP contribution in [0.15, 0.2) is 16.5 Å². The minimum absolute atomic E-state index is 0.0211. The normalized spacial score (nSPS) is 10.6. The summed E-state index contributed by atoms with van der Waals surface area (Å²) in [7, 11) is 0. The fraction of sp³-hybridized carbons (Fsp3) is 0.333. The second kappa shape index (κ2) is 4.95. The maximum atomic E-state index is 10.4. The van der Waals surface area contributed by atoms with E-state index in [9.17, 15) is 4.79 Å². The first kappa shape index (κ1) is 12.2. The molecule has 0 aromatic carbocycles. The second-order valence-electron chi connectivity index (χ2n) is 3.98. The molecule has 0 aliphatic rings. The number of carboxylic acid groups (broad SMARTS) is 1. The Morgan fingerprint density at radius 1 is 1.33 bits per heavy atom. The van der Waals surface area contributed by atoms with Crippen molar-refractivity contribution >= 4 is 5.97 Å². The molecular weight excluding hydrogens is 234 g/mol. The van der Waals surface area contributed by atoms with Crippen molar-refractivity contribution in [1.29, 1.82) is 0 Å². The van der Waals surface area contributed by atoms with E-state index in [0.29, 0.717) is 11.8 Å². The average molecular weight is 247 g/mol. The fourth-order valence-corrected chi connectivity index (χ4v) is 1.59. The van der Waals surface area contributed by atoms with E-state index in [-0.39, 0.29) is 12.8 Å². The molecule has 0 unspecified atom stereocenters. The zero-order chi connectivity index (χ0) is 13.1. The molecule has 0 aliphatic heterocycles. The molecule has 2 rings (SSSR count). The Balaban J connectivity index is 2.21. The van der Waals surface area contributed by atoms with Gasteiger partial charge in [-0.3, -0.25) is 9.78 Å². The van der Waals surface area contributed by atoms with Crippen molar-refractivity contribution in [2.24, 2.45) is 0 Å². The Bertz CT molecular complexity index is 578. The van der Waals surface area contributed by atoms with Crippen molar-refractivity contribution in [3.63, 3.8) is 0 Å². The SMILES string of the molecule is Cc1ccc(-c2nnc(CCC(=O)O)o2)c(C)n1. The summed E-state index contributed by atoms with van der Waals surface area (Å²) in [6.45, 7) is 3.77. The lowest BCUT2D eigenvalue weighted by atomic mass is 10.2. The van der Waals surface area contributed by atoms with Crippen molar-refractivity contribution in [3.8, 4) is 11.5 Å². The van der Waals surface area contributed by atoms with Crippen LogP contribution in [0, 0.1) is 13.8 Å². The number of aliphatic carboxylic acids is 1. The highest BCUT2D eigenvalue weighted by Gasteiger charge is 2.12. The Kier molecular flexibility index (Phi) is 3.36. The van der Waals surface area contributed by atoms with Crippen LogP contribution in [0.4, 0.5) is 0 Å². The van der Waals surface area contributed by atoms with Gasteiger partial charge in [0.1, 0.15) is 0 Å². The molecule has 0 atom stereocenters. The summed E-state index contributed by atoms with van der Waals surface area (Å²) in [5, 5.41) is 16.3. The zero-order valence-electron chi connectivity index (χ0n) is 10.2. The van der Waals surface area contributed by atoms with E-state index in [2.05, 4.69) is 15.2 Å². The number of rotatable bonds is 4. The molecule has 2 aromatic heterocycles. The second-order valence-corrected chi connectivity index (χ2v) is 3.98. The lowest BCUT2D eigenvalue weighted by Crippen LogP contribution is -1.97. The van der Waals surface area contributed by atoms with Gasteiger partial charge in [0.05, 0.1) is 17.7 Å². The van der Waals surface area contributed by atoms with Gasteiger partial charge in [-0.2, -0.15) is 0 Å². The van der Waals surface area contributed by atoms with Crippen molar-refractivity contribution in [2.75, 3.05) is 0 Å². The molecule has 2 aromatic rings. The highest BCUT2D eigenvalue weighted by Crippen LogP contribution is 2.21. The predicted octanol–water partition coefficient (Wildman–Crippen LogP) is 1.77. The van der Waals surface area contributed by atoms with Gasteiger partial charge in [0.25, 0.3) is 0 Å². The number of carboxylic acids is 1. The number of hydrogen-bond donors (Lipinski definition) is 1. The summed E-state index contributed by atoms with van der Waals surface area (Å²) < 4.78 is 5.42. The molecule has 0 saturated heterocycles. The van der Waals surface area contributed by atoms with Gasteiger partial charge in [-0.25, -0.2) is 0 Å². The summed E-state index contributed by atoms with van der Waals surface area (Å²) >= 11 is 0. The minimum atomic E-state index is -0.886. The monoisotopic (exact) mass is 247 g/mol. The lowest BCUT2D eigenvalue weighted by molar-refractivity contribution is -0.137. The molecule has 0 fully saturated rings. The summed E-state index contributed by atoms with van der Waals surface area (Å²) in [5.41, 5.74) is 2.50. The molecular formula is C12H13N3O3. The van der Waals surface area contributed by atoms with E-state index in [1.54, 1.807) is 0 Å². The van der Waals surface area contributed by atoms with Crippen LogP contribution in [0.5, 0.6) is 0 Å². The number of hydrogen-bond acceptors (Lipinski definition) is 5. The van der Waals surface area contributed by atoms with Crippen molar-refractivity contribution in [2.45, 2.75) is 26.7 Å². The van der Waals surface area contributed by atoms with Gasteiger partial charge in [0, 0.05) is 12.1 Å². The molecule has 0 spiro atoms. The molecule has 2 heterocycles. The maximum absolute atomic E-state index is 10.4. The summed E-state index contributed by atoms with van der Waals surface area (Å²) in [6, 6.07) is 3.73. The molecule has 94 valence electrons. The van der Waals surface area contributed by atoms with Gasteiger partial charge < -0.3 is 9.52 Å². The summed E-state index contributed by atoms with van der Waals surface area (Å²) in [5.74, 6) is -0.185. The van der Waals surface area contributed by atoms with E-state index in [0.717, 1.165) is 17.0 Å². The topological polar surface area (TPSA) is 89.1 Å². The third kappa shape index (κ3) is 2.71. The molecule has 0 amide bonds. The Labute approximate surface area is 104 Å². The number of aromatic nitrogens is 3. The summed E-state index contributed by atoms with van der Waals surface area (Å²) in [6.07, 6.45) is 0.216. The third-order valence-electron chi connectivity index (χ3n) is 2.48. The van der Waals surface area contributed by atoms with Crippen LogP contribution in [0.2, 0.25) is 0 Å². The predicted molar refractivity (Wildman–Crippen MR) is 63.0 cm³/mol. The number of nitrogens with zero attached hydrogens (tertiary/aromatic N) is 3. The molecule has 6 nitrogen and oxygen atoms in total. The van der Waals surface area contributed by atoms with Crippen LogP contribution in [0.25, 0.3) is 11.5 Å². The van der Waals surface area contributed by atoms with Crippen molar-refractivity contribution in [1.82, 2.24) is 15.2 Å². The largest absolute Gasteiger partial charge is 0.481 e. The summed E-state index contributed by atoms with van der Waals surface area (Å²) in [4.78, 5) is 14.8. The molecule has 0 aliphatic carbocycles. The first-order valence-corrected chi connectivity index (χ1v) is 5.55. The number of aryl methyl sites for hydroxylation is 3. The van der Waals surface area contributed by atoms with E-state index in [4.69, 9.17) is 9.52 Å². The van der Waals surface area contributed by atoms with Gasteiger partial charge in [0.15, 0.2) is 0 Å². The van der Waals surface area contributed by atoms with Gasteiger partial charge in [0.2, 0.25) is 11.8 Å². The third-order valence-corrected chi connectivity index (χ3v) is 2.48. The van der Waals surface area contributed by atoms with Crippen molar-refractivity contribution < 1.29 is 14.3 Å². The zero-order valence-corrected chi connectivity index (χ0v) is 10.2. The van der Waals surface area contributed by atoms with Gasteiger partial charge >= 0.3 is 5.97 Å². The van der Waals surface area contributed by atoms with Crippen LogP contribution in [0.1, 0.15) is 23.7 Å². The Morgan fingerprint density at radius 2 is 2.11 bits per heavy atom. The van der Waals surface area contributed by atoms with E-state index in [1.807, 2.05) is 26.0 Å². The number of carbonyl (C=O) groups is 1. The van der Waals surface area contributed by atoms with Crippen LogP contribution in [0.3, 0.4) is 0 Å². The lowest BCUT2D eigenvalue weighted by Gasteiger charge is -2.00. The highest BCUT2D eigenvalue weighted by atomic mass is 16.4. The van der Waals surface area contributed by atoms with Crippen LogP contribution < -0.4 is 0 Å². The molecule has 0 radical (unpaired) electrons. The van der Waals surface area contributed by atoms with Gasteiger partial charge in [-0.15, -0.1) is 10.2 Å². The molecule has 18 heavy (non-hydrogen) atoms. The minimum Gasteiger partial charge on any atom is -0.481 e. The van der Waals surface area contributed by atoms with Crippen molar-refractivity contribution in [3.05, 3.63) is 29.4 Å². The first-order valence-electron chi connectivity index (χ1n) is 5.55. The van der Waals surface area contributed by atoms with E-state index >= 15 is 0 Å². The molecule has 0 bridgehead atoms. The Morgan fingerprint density at radius 3 is 2.78 bits per heavy atom. The smallest absolute Gasteiger partial charge is 0.303 e. The van der Waals surface area contributed by atoms with E-state index < -0.39 is 5.97 Å². The van der Waals surface area contributed by atoms with E-state index in [1.165, 1.54) is 0 Å². The van der Waals surface area contributed by atoms with Crippen LogP contribution >= 0.6 is 0 Å². The first-order chi connectivity index (χ1) is 8.56. The highest BCUT2D eigenvalue weighted by molar-refractivity contribution is 5.66. The molecule has 0 saturated carbocycles. The maximum Gasteiger partial charge on any atom is 0.303 e. The van der Waals surface area contributed by atoms with Gasteiger partial charge in [-0.05, 0) is 26.0 Å². The standard InChI is InChI=1S/C12H13N3O3/c1-7-3-4-9(8(2)13-7)12-15-14-10(18-12)5-6-11(16)17/h3-4H,5-6H2,1-2H3,(H,16,17). The quantitative estimate of drug-likeness (QED) is 0.885. The van der Waals surface area contributed by atoms with Gasteiger partial charge in [-0.1, -0.05) is 0 Å².